The molecule has 0 saturated heterocycles. The van der Waals surface area contributed by atoms with E-state index in [1.807, 2.05) is 20.0 Å². The van der Waals surface area contributed by atoms with Gasteiger partial charge in [-0.25, -0.2) is 9.97 Å². The van der Waals surface area contributed by atoms with Crippen LogP contribution in [0.5, 0.6) is 0 Å². The van der Waals surface area contributed by atoms with Crippen LogP contribution in [0.2, 0.25) is 0 Å². The van der Waals surface area contributed by atoms with Crippen LogP contribution in [-0.4, -0.2) is 22.6 Å². The molecule has 2 N–H and O–H groups in total. The number of nitrogens with zero attached hydrogens (tertiary/aromatic N) is 2. The first-order chi connectivity index (χ1) is 7.53. The Balaban J connectivity index is 2.92. The summed E-state index contributed by atoms with van der Waals surface area (Å²) in [5.74, 6) is 2.52. The molecule has 0 bridgehead atoms. The van der Waals surface area contributed by atoms with Gasteiger partial charge in [0.2, 0.25) is 0 Å². The Bertz CT molecular complexity index is 345. The van der Waals surface area contributed by atoms with Gasteiger partial charge in [0.05, 0.1) is 0 Å². The number of aryl methyl sites for hydroxylation is 1. The summed E-state index contributed by atoms with van der Waals surface area (Å²) in [6, 6.07) is 1.94. The normalized spacial score (nSPS) is 11.3. The highest BCUT2D eigenvalue weighted by molar-refractivity contribution is 5.48. The molecule has 0 aliphatic heterocycles. The summed E-state index contributed by atoms with van der Waals surface area (Å²) in [6.45, 7) is 8.48. The predicted molar refractivity (Wildman–Crippen MR) is 68.9 cm³/mol. The van der Waals surface area contributed by atoms with Crippen LogP contribution in [-0.2, 0) is 0 Å². The second-order valence-corrected chi connectivity index (χ2v) is 4.33. The van der Waals surface area contributed by atoms with E-state index in [9.17, 15) is 0 Å². The third-order valence-electron chi connectivity index (χ3n) is 3.08. The Hall–Kier alpha value is -1.32. The number of anilines is 2. The van der Waals surface area contributed by atoms with Gasteiger partial charge in [0.15, 0.2) is 0 Å². The van der Waals surface area contributed by atoms with Crippen molar-refractivity contribution in [2.24, 2.45) is 0 Å². The Kier molecular flexibility index (Phi) is 4.10. The highest BCUT2D eigenvalue weighted by atomic mass is 15.1. The fourth-order valence-corrected chi connectivity index (χ4v) is 1.50. The smallest absolute Gasteiger partial charge is 0.132 e. The van der Waals surface area contributed by atoms with E-state index in [-0.39, 0.29) is 5.54 Å². The van der Waals surface area contributed by atoms with Gasteiger partial charge in [-0.2, -0.15) is 0 Å². The minimum atomic E-state index is 0.103. The molecule has 0 unspecified atom stereocenters. The van der Waals surface area contributed by atoms with Crippen LogP contribution in [0.4, 0.5) is 11.6 Å². The van der Waals surface area contributed by atoms with E-state index in [1.54, 1.807) is 0 Å². The van der Waals surface area contributed by atoms with E-state index < -0.39 is 0 Å². The van der Waals surface area contributed by atoms with Crippen LogP contribution >= 0.6 is 0 Å². The summed E-state index contributed by atoms with van der Waals surface area (Å²) < 4.78 is 0. The van der Waals surface area contributed by atoms with Gasteiger partial charge < -0.3 is 10.6 Å². The molecule has 1 rings (SSSR count). The molecule has 0 aromatic carbocycles. The highest BCUT2D eigenvalue weighted by Crippen LogP contribution is 2.21. The summed E-state index contributed by atoms with van der Waals surface area (Å²) in [5.41, 5.74) is 0.103. The molecule has 0 saturated carbocycles. The second-order valence-electron chi connectivity index (χ2n) is 4.33. The molecule has 0 amide bonds. The molecule has 0 fully saturated rings. The lowest BCUT2D eigenvalue weighted by Crippen LogP contribution is -2.33. The lowest BCUT2D eigenvalue weighted by Gasteiger charge is -2.29. The summed E-state index contributed by atoms with van der Waals surface area (Å²) in [6.07, 6.45) is 2.14. The minimum absolute atomic E-state index is 0.103. The maximum Gasteiger partial charge on any atom is 0.132 e. The van der Waals surface area contributed by atoms with Crippen LogP contribution in [0.1, 0.15) is 39.4 Å². The number of aromatic nitrogens is 2. The van der Waals surface area contributed by atoms with Crippen molar-refractivity contribution in [1.82, 2.24) is 9.97 Å². The molecule has 16 heavy (non-hydrogen) atoms. The Morgan fingerprint density at radius 2 is 1.75 bits per heavy atom. The second kappa shape index (κ2) is 5.14. The highest BCUT2D eigenvalue weighted by Gasteiger charge is 2.19. The molecule has 4 heteroatoms. The zero-order valence-electron chi connectivity index (χ0n) is 10.9. The summed E-state index contributed by atoms with van der Waals surface area (Å²) >= 11 is 0. The zero-order valence-corrected chi connectivity index (χ0v) is 10.9. The standard InChI is InChI=1S/C12H22N4/c1-6-12(4,7-2)16-11-8-10(13-5)14-9(3)15-11/h8H,6-7H2,1-5H3,(H2,13,14,15,16). The maximum atomic E-state index is 4.40. The van der Waals surface area contributed by atoms with Gasteiger partial charge in [-0.3, -0.25) is 0 Å². The number of hydrogen-bond acceptors (Lipinski definition) is 4. The Labute approximate surface area is 97.9 Å². The quantitative estimate of drug-likeness (QED) is 0.804. The van der Waals surface area contributed by atoms with Crippen LogP contribution in [0.15, 0.2) is 6.07 Å². The van der Waals surface area contributed by atoms with E-state index in [0.717, 1.165) is 30.3 Å². The third-order valence-corrected chi connectivity index (χ3v) is 3.08. The number of hydrogen-bond donors (Lipinski definition) is 2. The average molecular weight is 222 g/mol. The van der Waals surface area contributed by atoms with Crippen molar-refractivity contribution in [3.63, 3.8) is 0 Å². The molecule has 0 radical (unpaired) electrons. The van der Waals surface area contributed by atoms with Gasteiger partial charge in [0.25, 0.3) is 0 Å². The van der Waals surface area contributed by atoms with Crippen LogP contribution in [0.3, 0.4) is 0 Å². The van der Waals surface area contributed by atoms with Gasteiger partial charge in [-0.1, -0.05) is 13.8 Å². The number of rotatable bonds is 5. The Morgan fingerprint density at radius 1 is 1.19 bits per heavy atom. The predicted octanol–water partition coefficient (Wildman–Crippen LogP) is 2.82. The van der Waals surface area contributed by atoms with Crippen molar-refractivity contribution in [1.29, 1.82) is 0 Å². The third kappa shape index (κ3) is 3.08. The van der Waals surface area contributed by atoms with Gasteiger partial charge in [0.1, 0.15) is 17.5 Å². The van der Waals surface area contributed by atoms with Crippen molar-refractivity contribution in [3.05, 3.63) is 11.9 Å². The minimum Gasteiger partial charge on any atom is -0.373 e. The molecule has 1 heterocycles. The summed E-state index contributed by atoms with van der Waals surface area (Å²) in [5, 5.41) is 6.52. The SMILES string of the molecule is CCC(C)(CC)Nc1cc(NC)nc(C)n1. The topological polar surface area (TPSA) is 49.8 Å². The largest absolute Gasteiger partial charge is 0.373 e. The van der Waals surface area contributed by atoms with E-state index in [1.165, 1.54) is 0 Å². The van der Waals surface area contributed by atoms with E-state index in [4.69, 9.17) is 0 Å². The van der Waals surface area contributed by atoms with Gasteiger partial charge in [0, 0.05) is 18.7 Å². The molecular formula is C12H22N4. The molecule has 4 nitrogen and oxygen atoms in total. The molecule has 0 aliphatic carbocycles. The Morgan fingerprint density at radius 3 is 2.25 bits per heavy atom. The zero-order chi connectivity index (χ0) is 12.2. The first-order valence-electron chi connectivity index (χ1n) is 5.84. The first kappa shape index (κ1) is 12.7. The van der Waals surface area contributed by atoms with E-state index in [0.29, 0.717) is 0 Å². The molecule has 0 spiro atoms. The number of nitrogens with one attached hydrogen (secondary N) is 2. The van der Waals surface area contributed by atoms with E-state index in [2.05, 4.69) is 41.4 Å². The van der Waals surface area contributed by atoms with Crippen LogP contribution in [0, 0.1) is 6.92 Å². The molecule has 0 aliphatic rings. The van der Waals surface area contributed by atoms with Crippen molar-refractivity contribution in [2.75, 3.05) is 17.7 Å². The van der Waals surface area contributed by atoms with Gasteiger partial charge in [-0.05, 0) is 26.7 Å². The van der Waals surface area contributed by atoms with Crippen molar-refractivity contribution in [2.45, 2.75) is 46.1 Å². The fourth-order valence-electron chi connectivity index (χ4n) is 1.50. The molecular weight excluding hydrogens is 200 g/mol. The first-order valence-corrected chi connectivity index (χ1v) is 5.84. The van der Waals surface area contributed by atoms with E-state index >= 15 is 0 Å². The van der Waals surface area contributed by atoms with Gasteiger partial charge >= 0.3 is 0 Å². The van der Waals surface area contributed by atoms with Gasteiger partial charge in [-0.15, -0.1) is 0 Å². The molecule has 1 aromatic heterocycles. The fraction of sp³-hybridized carbons (Fsp3) is 0.667. The molecule has 0 atom stereocenters. The van der Waals surface area contributed by atoms with Crippen molar-refractivity contribution in [3.8, 4) is 0 Å². The van der Waals surface area contributed by atoms with Crippen LogP contribution < -0.4 is 10.6 Å². The lowest BCUT2D eigenvalue weighted by molar-refractivity contribution is 0.476. The maximum absolute atomic E-state index is 4.40. The summed E-state index contributed by atoms with van der Waals surface area (Å²) in [7, 11) is 1.87. The lowest BCUT2D eigenvalue weighted by atomic mass is 9.96. The van der Waals surface area contributed by atoms with Crippen LogP contribution in [0.25, 0.3) is 0 Å². The molecule has 1 aromatic rings. The van der Waals surface area contributed by atoms with Crippen molar-refractivity contribution >= 4 is 11.6 Å². The monoisotopic (exact) mass is 222 g/mol. The average Bonchev–Trinajstić information content (AvgIpc) is 2.28. The van der Waals surface area contributed by atoms with Crippen molar-refractivity contribution < 1.29 is 0 Å². The molecule has 90 valence electrons. The summed E-state index contributed by atoms with van der Waals surface area (Å²) in [4.78, 5) is 8.67.